The van der Waals surface area contributed by atoms with Crippen molar-refractivity contribution < 1.29 is 39.6 Å². The van der Waals surface area contributed by atoms with Gasteiger partial charge < -0.3 is 9.13 Å². The van der Waals surface area contributed by atoms with Crippen molar-refractivity contribution in [3.8, 4) is 0 Å². The monoisotopic (exact) mass is 400 g/mol. The summed E-state index contributed by atoms with van der Waals surface area (Å²) in [5, 5.41) is 0. The molecule has 0 aromatic rings. The van der Waals surface area contributed by atoms with Gasteiger partial charge in [0.25, 0.3) is 10.1 Å². The summed E-state index contributed by atoms with van der Waals surface area (Å²) < 4.78 is 45.6. The molecule has 2 radical (unpaired) electrons. The van der Waals surface area contributed by atoms with Crippen LogP contribution in [0.5, 0.6) is 0 Å². The molecule has 0 aliphatic carbocycles. The molecule has 0 aromatic heterocycles. The smallest absolute Gasteiger partial charge is 0 e. The standard InChI is InChI=1S/C10H20N2Si.CH4O3S.2CO.Cr/c1-9(2,3)11-7-8-12(13-11)10(4,5)6;1-5(2,3)4;2*1-2;/h7-8H,1-6H3;1H3,(H,2,3,4);;;. The Labute approximate surface area is 153 Å². The fourth-order valence-corrected chi connectivity index (χ4v) is 2.16. The number of nitrogens with zero attached hydrogens (tertiary/aromatic N) is 2. The molecule has 0 bridgehead atoms. The second-order valence-electron chi connectivity index (χ2n) is 6.21. The summed E-state index contributed by atoms with van der Waals surface area (Å²) >= 11 is 0. The molecule has 0 atom stereocenters. The Morgan fingerprint density at radius 1 is 0.913 bits per heavy atom. The average Bonchev–Trinajstić information content (AvgIpc) is 2.80. The van der Waals surface area contributed by atoms with Crippen molar-refractivity contribution in [3.05, 3.63) is 25.7 Å². The van der Waals surface area contributed by atoms with Crippen molar-refractivity contribution in [2.45, 2.75) is 52.6 Å². The predicted octanol–water partition coefficient (Wildman–Crippen LogP) is 1.63. The summed E-state index contributed by atoms with van der Waals surface area (Å²) in [7, 11) is -2.92. The molecule has 1 aliphatic heterocycles. The number of hydrogen-bond donors (Lipinski definition) is 1. The summed E-state index contributed by atoms with van der Waals surface area (Å²) in [6.45, 7) is 22.5. The van der Waals surface area contributed by atoms with Crippen LogP contribution >= 0.6 is 0 Å². The average molecular weight is 400 g/mol. The van der Waals surface area contributed by atoms with Crippen molar-refractivity contribution in [1.82, 2.24) is 9.13 Å². The Morgan fingerprint density at radius 2 is 1.09 bits per heavy atom. The third-order valence-corrected chi connectivity index (χ3v) is 4.10. The van der Waals surface area contributed by atoms with Crippen LogP contribution in [0.25, 0.3) is 0 Å². The van der Waals surface area contributed by atoms with Gasteiger partial charge in [-0.25, -0.2) is 0 Å². The summed E-state index contributed by atoms with van der Waals surface area (Å²) in [4.78, 5) is 0. The Bertz CT molecular complexity index is 442. The maximum atomic E-state index is 9.19. The minimum absolute atomic E-state index is 0. The van der Waals surface area contributed by atoms with E-state index in [0.29, 0.717) is 6.26 Å². The van der Waals surface area contributed by atoms with E-state index >= 15 is 0 Å². The van der Waals surface area contributed by atoms with E-state index in [4.69, 9.17) is 13.9 Å². The van der Waals surface area contributed by atoms with Gasteiger partial charge in [0.05, 0.1) is 6.26 Å². The molecule has 10 heteroatoms. The van der Waals surface area contributed by atoms with Crippen LogP contribution in [0.15, 0.2) is 12.4 Å². The molecule has 132 valence electrons. The minimum Gasteiger partial charge on any atom is 0 e. The van der Waals surface area contributed by atoms with Crippen molar-refractivity contribution in [2.75, 3.05) is 6.26 Å². The van der Waals surface area contributed by atoms with Crippen molar-refractivity contribution in [1.29, 1.82) is 0 Å². The molecule has 0 unspecified atom stereocenters. The van der Waals surface area contributed by atoms with E-state index in [9.17, 15) is 8.42 Å². The first-order valence-electron chi connectivity index (χ1n) is 6.08. The molecular weight excluding hydrogens is 376 g/mol. The Hall–Kier alpha value is -0.521. The van der Waals surface area contributed by atoms with E-state index in [-0.39, 0.29) is 28.4 Å². The molecule has 0 spiro atoms. The largest absolute Gasteiger partial charge is 0 e. The van der Waals surface area contributed by atoms with Gasteiger partial charge in [0.2, 0.25) is 0 Å². The third-order valence-electron chi connectivity index (χ3n) is 2.03. The van der Waals surface area contributed by atoms with Crippen LogP contribution in [0.4, 0.5) is 0 Å². The zero-order valence-corrected chi connectivity index (χ0v) is 17.5. The third kappa shape index (κ3) is 19.4. The van der Waals surface area contributed by atoms with Crippen LogP contribution in [0.2, 0.25) is 0 Å². The van der Waals surface area contributed by atoms with E-state index in [1.54, 1.807) is 0 Å². The Kier molecular flexibility index (Phi) is 17.0. The van der Waals surface area contributed by atoms with Crippen LogP contribution in [0.3, 0.4) is 0 Å². The molecule has 1 aliphatic rings. The minimum atomic E-state index is -3.67. The zero-order chi connectivity index (χ0) is 18.8. The van der Waals surface area contributed by atoms with Crippen molar-refractivity contribution in [3.63, 3.8) is 0 Å². The van der Waals surface area contributed by atoms with Crippen molar-refractivity contribution in [2.24, 2.45) is 0 Å². The second-order valence-corrected chi connectivity index (χ2v) is 8.84. The quantitative estimate of drug-likeness (QED) is 0.288. The van der Waals surface area contributed by atoms with E-state index in [1.807, 2.05) is 0 Å². The van der Waals surface area contributed by atoms with Crippen LogP contribution in [0, 0.1) is 13.3 Å². The first-order valence-corrected chi connectivity index (χ1v) is 8.82. The van der Waals surface area contributed by atoms with Gasteiger partial charge >= 0.3 is 32.4 Å². The zero-order valence-electron chi connectivity index (χ0n) is 14.4. The van der Waals surface area contributed by atoms with Gasteiger partial charge in [-0.1, -0.05) is 0 Å². The second kappa shape index (κ2) is 12.8. The van der Waals surface area contributed by atoms with E-state index < -0.39 is 10.1 Å². The van der Waals surface area contributed by atoms with Gasteiger partial charge in [-0.15, -0.1) is 0 Å². The predicted molar refractivity (Wildman–Crippen MR) is 83.4 cm³/mol. The molecule has 0 amide bonds. The number of hydrogen-bond acceptors (Lipinski definition) is 4. The molecule has 0 fully saturated rings. The van der Waals surface area contributed by atoms with Gasteiger partial charge in [-0.2, -0.15) is 8.42 Å². The van der Waals surface area contributed by atoms with Gasteiger partial charge in [0.1, 0.15) is 0 Å². The summed E-state index contributed by atoms with van der Waals surface area (Å²) in [5.74, 6) is 0. The van der Waals surface area contributed by atoms with Crippen LogP contribution in [0.1, 0.15) is 41.5 Å². The summed E-state index contributed by atoms with van der Waals surface area (Å²) in [5.41, 5.74) is 0.490. The van der Waals surface area contributed by atoms with E-state index in [1.165, 1.54) is 0 Å². The van der Waals surface area contributed by atoms with Gasteiger partial charge in [0.15, 0.2) is 0 Å². The van der Waals surface area contributed by atoms with Gasteiger partial charge in [-0.05, 0) is 41.5 Å². The maximum Gasteiger partial charge on any atom is 0 e. The normalized spacial score (nSPS) is 13.2. The fraction of sp³-hybridized carbons (Fsp3) is 0.692. The molecule has 0 aromatic carbocycles. The molecule has 1 heterocycles. The van der Waals surface area contributed by atoms with E-state index in [2.05, 4.69) is 76.4 Å². The van der Waals surface area contributed by atoms with Crippen LogP contribution in [-0.4, -0.2) is 49.3 Å². The molecule has 23 heavy (non-hydrogen) atoms. The van der Waals surface area contributed by atoms with Crippen molar-refractivity contribution >= 4 is 20.0 Å². The Balaban J connectivity index is -0.000000154. The number of rotatable bonds is 0. The molecular formula is C13H24CrN2O5SSi. The molecule has 1 N–H and O–H groups in total. The van der Waals surface area contributed by atoms with Gasteiger partial charge in [0, 0.05) is 40.8 Å². The molecule has 7 nitrogen and oxygen atoms in total. The first kappa shape index (κ1) is 30.4. The SMILES string of the molecule is CC(C)(C)N1C=CN(C(C)(C)C)[Si]1.CS(=O)(=O)O.[C-]#[O+].[C-]#[O+].[Cr]. The first-order chi connectivity index (χ1) is 9.71. The van der Waals surface area contributed by atoms with E-state index in [0.717, 1.165) is 9.84 Å². The van der Waals surface area contributed by atoms with Crippen LogP contribution < -0.4 is 0 Å². The molecule has 0 saturated heterocycles. The topological polar surface area (TPSA) is 101 Å². The summed E-state index contributed by atoms with van der Waals surface area (Å²) in [6, 6.07) is 0. The van der Waals surface area contributed by atoms with Crippen LogP contribution in [-0.2, 0) is 36.8 Å². The molecule has 1 rings (SSSR count). The Morgan fingerprint density at radius 3 is 1.17 bits per heavy atom. The maximum absolute atomic E-state index is 9.19. The van der Waals surface area contributed by atoms with Gasteiger partial charge in [-0.3, -0.25) is 4.55 Å². The molecule has 0 saturated carbocycles. The summed E-state index contributed by atoms with van der Waals surface area (Å²) in [6.07, 6.45) is 5.11. The fourth-order valence-electron chi connectivity index (χ4n) is 1.06.